The van der Waals surface area contributed by atoms with E-state index in [1.54, 1.807) is 0 Å². The van der Waals surface area contributed by atoms with Crippen molar-refractivity contribution in [3.63, 3.8) is 0 Å². The van der Waals surface area contributed by atoms with E-state index in [0.29, 0.717) is 6.54 Å². The minimum atomic E-state index is 0.113. The van der Waals surface area contributed by atoms with E-state index < -0.39 is 0 Å². The van der Waals surface area contributed by atoms with Crippen molar-refractivity contribution in [1.29, 1.82) is 0 Å². The maximum absolute atomic E-state index is 9.11. The molecule has 0 saturated heterocycles. The number of aryl methyl sites for hydroxylation is 2. The van der Waals surface area contributed by atoms with Gasteiger partial charge in [0.05, 0.1) is 31.6 Å². The lowest BCUT2D eigenvalue weighted by molar-refractivity contribution is 0.267. The van der Waals surface area contributed by atoms with Crippen LogP contribution in [0.5, 0.6) is 0 Å². The summed E-state index contributed by atoms with van der Waals surface area (Å²) in [6.07, 6.45) is 5.92. The molecule has 0 unspecified atom stereocenters. The zero-order valence-corrected chi connectivity index (χ0v) is 12.6. The van der Waals surface area contributed by atoms with E-state index in [4.69, 9.17) is 5.11 Å². The van der Waals surface area contributed by atoms with E-state index in [1.165, 1.54) is 16.8 Å². The SMILES string of the molecule is CCCc1cnc(C)nc1N1Cc2cnn(CCO)c2C1. The minimum Gasteiger partial charge on any atom is -0.394 e. The van der Waals surface area contributed by atoms with E-state index >= 15 is 0 Å². The van der Waals surface area contributed by atoms with Crippen LogP contribution in [0.2, 0.25) is 0 Å². The molecule has 1 N–H and O–H groups in total. The lowest BCUT2D eigenvalue weighted by atomic mass is 10.2. The van der Waals surface area contributed by atoms with Gasteiger partial charge < -0.3 is 10.0 Å². The van der Waals surface area contributed by atoms with E-state index in [9.17, 15) is 0 Å². The lowest BCUT2D eigenvalue weighted by Gasteiger charge is -2.20. The molecule has 1 aliphatic heterocycles. The van der Waals surface area contributed by atoms with Crippen molar-refractivity contribution in [1.82, 2.24) is 19.7 Å². The number of aromatic nitrogens is 4. The van der Waals surface area contributed by atoms with E-state index in [2.05, 4.69) is 26.9 Å². The van der Waals surface area contributed by atoms with Crippen LogP contribution >= 0.6 is 0 Å². The summed E-state index contributed by atoms with van der Waals surface area (Å²) in [5.74, 6) is 1.84. The van der Waals surface area contributed by atoms with Crippen LogP contribution < -0.4 is 4.90 Å². The Morgan fingerprint density at radius 1 is 1.29 bits per heavy atom. The first-order valence-electron chi connectivity index (χ1n) is 7.44. The van der Waals surface area contributed by atoms with Gasteiger partial charge >= 0.3 is 0 Å². The Morgan fingerprint density at radius 3 is 2.90 bits per heavy atom. The van der Waals surface area contributed by atoms with Gasteiger partial charge in [0.25, 0.3) is 0 Å². The van der Waals surface area contributed by atoms with Crippen molar-refractivity contribution in [2.24, 2.45) is 0 Å². The number of hydrogen-bond donors (Lipinski definition) is 1. The largest absolute Gasteiger partial charge is 0.394 e. The summed E-state index contributed by atoms with van der Waals surface area (Å²) in [6.45, 7) is 6.38. The Bertz CT molecular complexity index is 637. The average Bonchev–Trinajstić information content (AvgIpc) is 3.03. The predicted molar refractivity (Wildman–Crippen MR) is 80.0 cm³/mol. The summed E-state index contributed by atoms with van der Waals surface area (Å²) in [6, 6.07) is 0. The van der Waals surface area contributed by atoms with Gasteiger partial charge in [-0.05, 0) is 13.3 Å². The van der Waals surface area contributed by atoms with Crippen LogP contribution in [0.3, 0.4) is 0 Å². The monoisotopic (exact) mass is 287 g/mol. The molecule has 0 spiro atoms. The van der Waals surface area contributed by atoms with Crippen molar-refractivity contribution in [3.05, 3.63) is 35.0 Å². The Kier molecular flexibility index (Phi) is 3.88. The highest BCUT2D eigenvalue weighted by molar-refractivity contribution is 5.50. The molecule has 0 fully saturated rings. The number of fused-ring (bicyclic) bond motifs is 1. The number of hydrogen-bond acceptors (Lipinski definition) is 5. The van der Waals surface area contributed by atoms with Gasteiger partial charge in [0.1, 0.15) is 11.6 Å². The Labute approximate surface area is 124 Å². The second-order valence-electron chi connectivity index (χ2n) is 5.44. The maximum Gasteiger partial charge on any atom is 0.136 e. The zero-order valence-electron chi connectivity index (χ0n) is 12.6. The molecule has 6 heteroatoms. The van der Waals surface area contributed by atoms with Crippen LogP contribution in [0, 0.1) is 6.92 Å². The third kappa shape index (κ3) is 2.63. The molecule has 0 aromatic carbocycles. The molecule has 1 aliphatic rings. The highest BCUT2D eigenvalue weighted by atomic mass is 16.3. The van der Waals surface area contributed by atoms with Gasteiger partial charge in [0.2, 0.25) is 0 Å². The van der Waals surface area contributed by atoms with E-state index in [1.807, 2.05) is 24.0 Å². The molecule has 2 aromatic rings. The fraction of sp³-hybridized carbons (Fsp3) is 0.533. The molecule has 3 heterocycles. The van der Waals surface area contributed by atoms with Gasteiger partial charge in [-0.2, -0.15) is 5.10 Å². The van der Waals surface area contributed by atoms with Crippen LogP contribution in [0.4, 0.5) is 5.82 Å². The fourth-order valence-corrected chi connectivity index (χ4v) is 2.85. The molecular formula is C15H21N5O. The molecule has 3 rings (SSSR count). The van der Waals surface area contributed by atoms with Crippen LogP contribution in [0.15, 0.2) is 12.4 Å². The molecular weight excluding hydrogens is 266 g/mol. The second-order valence-corrected chi connectivity index (χ2v) is 5.44. The van der Waals surface area contributed by atoms with Gasteiger partial charge in [-0.25, -0.2) is 9.97 Å². The summed E-state index contributed by atoms with van der Waals surface area (Å²) < 4.78 is 1.89. The van der Waals surface area contributed by atoms with Gasteiger partial charge in [-0.3, -0.25) is 4.68 Å². The molecule has 6 nitrogen and oxygen atoms in total. The zero-order chi connectivity index (χ0) is 14.8. The number of aliphatic hydroxyl groups excluding tert-OH is 1. The number of anilines is 1. The Balaban J connectivity index is 1.88. The van der Waals surface area contributed by atoms with Crippen LogP contribution in [-0.2, 0) is 26.1 Å². The third-order valence-electron chi connectivity index (χ3n) is 3.83. The van der Waals surface area contributed by atoms with Crippen molar-refractivity contribution < 1.29 is 5.11 Å². The quantitative estimate of drug-likeness (QED) is 0.901. The molecule has 0 atom stereocenters. The lowest BCUT2D eigenvalue weighted by Crippen LogP contribution is -2.21. The molecule has 2 aromatic heterocycles. The molecule has 0 radical (unpaired) electrons. The van der Waals surface area contributed by atoms with E-state index in [0.717, 1.165) is 37.6 Å². The van der Waals surface area contributed by atoms with Gasteiger partial charge in [0.15, 0.2) is 0 Å². The highest BCUT2D eigenvalue weighted by Crippen LogP contribution is 2.29. The van der Waals surface area contributed by atoms with Gasteiger partial charge in [0, 0.05) is 23.9 Å². The van der Waals surface area contributed by atoms with Crippen molar-refractivity contribution in [2.45, 2.75) is 46.3 Å². The molecule has 21 heavy (non-hydrogen) atoms. The normalized spacial score (nSPS) is 13.8. The predicted octanol–water partition coefficient (Wildman–Crippen LogP) is 1.45. The first-order chi connectivity index (χ1) is 10.2. The van der Waals surface area contributed by atoms with Crippen LogP contribution in [-0.4, -0.2) is 31.5 Å². The molecule has 112 valence electrons. The Morgan fingerprint density at radius 2 is 2.14 bits per heavy atom. The summed E-state index contributed by atoms with van der Waals surface area (Å²) in [4.78, 5) is 11.3. The second kappa shape index (κ2) is 5.81. The summed E-state index contributed by atoms with van der Waals surface area (Å²) in [7, 11) is 0. The maximum atomic E-state index is 9.11. The first-order valence-corrected chi connectivity index (χ1v) is 7.44. The third-order valence-corrected chi connectivity index (χ3v) is 3.83. The number of nitrogens with zero attached hydrogens (tertiary/aromatic N) is 5. The standard InChI is InChI=1S/C15H21N5O/c1-3-4-12-7-16-11(2)18-15(12)19-9-13-8-17-20(5-6-21)14(13)10-19/h7-8,21H,3-6,9-10H2,1-2H3. The smallest absolute Gasteiger partial charge is 0.136 e. The van der Waals surface area contributed by atoms with Crippen molar-refractivity contribution in [2.75, 3.05) is 11.5 Å². The van der Waals surface area contributed by atoms with Gasteiger partial charge in [-0.15, -0.1) is 0 Å². The highest BCUT2D eigenvalue weighted by Gasteiger charge is 2.26. The van der Waals surface area contributed by atoms with Crippen molar-refractivity contribution >= 4 is 5.82 Å². The number of rotatable bonds is 5. The number of aliphatic hydroxyl groups is 1. The molecule has 0 aliphatic carbocycles. The fourth-order valence-electron chi connectivity index (χ4n) is 2.85. The summed E-state index contributed by atoms with van der Waals surface area (Å²) >= 11 is 0. The summed E-state index contributed by atoms with van der Waals surface area (Å²) in [5.41, 5.74) is 3.61. The van der Waals surface area contributed by atoms with Crippen LogP contribution in [0.1, 0.15) is 36.0 Å². The summed E-state index contributed by atoms with van der Waals surface area (Å²) in [5, 5.41) is 13.4. The minimum absolute atomic E-state index is 0.113. The molecule has 0 saturated carbocycles. The molecule has 0 amide bonds. The van der Waals surface area contributed by atoms with Crippen molar-refractivity contribution in [3.8, 4) is 0 Å². The average molecular weight is 287 g/mol. The van der Waals surface area contributed by atoms with Crippen LogP contribution in [0.25, 0.3) is 0 Å². The van der Waals surface area contributed by atoms with Gasteiger partial charge in [-0.1, -0.05) is 13.3 Å². The Hall–Kier alpha value is -1.95. The van der Waals surface area contributed by atoms with E-state index in [-0.39, 0.29) is 6.61 Å². The first kappa shape index (κ1) is 14.0. The molecule has 0 bridgehead atoms. The topological polar surface area (TPSA) is 67.1 Å².